The highest BCUT2D eigenvalue weighted by Crippen LogP contribution is 1.96. The van der Waals surface area contributed by atoms with Gasteiger partial charge in [0.15, 0.2) is 0 Å². The molecule has 2 N–H and O–H groups in total. The summed E-state index contributed by atoms with van der Waals surface area (Å²) in [6.07, 6.45) is 0. The maximum atomic E-state index is 11.1. The Balaban J connectivity index is 3.32. The van der Waals surface area contributed by atoms with Gasteiger partial charge in [0.1, 0.15) is 6.61 Å². The normalized spacial score (nSPS) is 12.9. The molecule has 0 aliphatic rings. The number of nitrogens with two attached hydrogens (primary N) is 1. The summed E-state index contributed by atoms with van der Waals surface area (Å²) in [4.78, 5) is 11.1. The summed E-state index contributed by atoms with van der Waals surface area (Å²) in [7, 11) is 0. The molecule has 84 valence electrons. The second kappa shape index (κ2) is 7.76. The Labute approximate surface area is 85.8 Å². The van der Waals surface area contributed by atoms with Gasteiger partial charge < -0.3 is 15.2 Å². The van der Waals surface area contributed by atoms with Gasteiger partial charge in [-0.25, -0.2) is 0 Å². The Bertz CT molecular complexity index is 159. The first-order chi connectivity index (χ1) is 6.57. The molecule has 0 amide bonds. The van der Waals surface area contributed by atoms with E-state index in [1.54, 1.807) is 6.92 Å². The smallest absolute Gasteiger partial charge is 0.310 e. The van der Waals surface area contributed by atoms with Crippen molar-refractivity contribution >= 4 is 5.97 Å². The fraction of sp³-hybridized carbons (Fsp3) is 0.900. The van der Waals surface area contributed by atoms with Crippen LogP contribution in [0.5, 0.6) is 0 Å². The largest absolute Gasteiger partial charge is 0.463 e. The number of carbonyl (C=O) groups is 1. The SMILES string of the molecule is CC(C)COCCOC(=O)C(C)CN. The van der Waals surface area contributed by atoms with Gasteiger partial charge in [-0.3, -0.25) is 4.79 Å². The first kappa shape index (κ1) is 13.4. The number of hydrogen-bond acceptors (Lipinski definition) is 4. The van der Waals surface area contributed by atoms with Gasteiger partial charge in [0, 0.05) is 13.2 Å². The topological polar surface area (TPSA) is 61.5 Å². The minimum Gasteiger partial charge on any atom is -0.463 e. The molecule has 0 heterocycles. The molecule has 0 saturated heterocycles. The van der Waals surface area contributed by atoms with Crippen molar-refractivity contribution in [3.8, 4) is 0 Å². The van der Waals surface area contributed by atoms with Crippen LogP contribution in [0, 0.1) is 11.8 Å². The fourth-order valence-electron chi connectivity index (χ4n) is 0.759. The molecule has 1 atom stereocenters. The van der Waals surface area contributed by atoms with Crippen LogP contribution >= 0.6 is 0 Å². The van der Waals surface area contributed by atoms with Crippen molar-refractivity contribution in [1.82, 2.24) is 0 Å². The Kier molecular flexibility index (Phi) is 7.42. The minimum absolute atomic E-state index is 0.222. The molecular formula is C10H21NO3. The molecule has 1 unspecified atom stereocenters. The highest BCUT2D eigenvalue weighted by Gasteiger charge is 2.11. The lowest BCUT2D eigenvalue weighted by Gasteiger charge is -2.10. The predicted molar refractivity (Wildman–Crippen MR) is 54.8 cm³/mol. The van der Waals surface area contributed by atoms with Gasteiger partial charge in [-0.2, -0.15) is 0 Å². The first-order valence-corrected chi connectivity index (χ1v) is 5.02. The van der Waals surface area contributed by atoms with E-state index in [2.05, 4.69) is 13.8 Å². The predicted octanol–water partition coefficient (Wildman–Crippen LogP) is 0.797. The second-order valence-corrected chi connectivity index (χ2v) is 3.77. The van der Waals surface area contributed by atoms with E-state index in [1.165, 1.54) is 0 Å². The summed E-state index contributed by atoms with van der Waals surface area (Å²) in [5.41, 5.74) is 5.31. The summed E-state index contributed by atoms with van der Waals surface area (Å²) < 4.78 is 10.2. The van der Waals surface area contributed by atoms with E-state index in [9.17, 15) is 4.79 Å². The summed E-state index contributed by atoms with van der Waals surface area (Å²) in [5.74, 6) is 0.0365. The number of hydrogen-bond donors (Lipinski definition) is 1. The van der Waals surface area contributed by atoms with Gasteiger partial charge in [-0.05, 0) is 5.92 Å². The molecule has 0 aromatic carbocycles. The van der Waals surface area contributed by atoms with Gasteiger partial charge in [0.2, 0.25) is 0 Å². The molecular weight excluding hydrogens is 182 g/mol. The Morgan fingerprint density at radius 2 is 1.93 bits per heavy atom. The van der Waals surface area contributed by atoms with Crippen molar-refractivity contribution in [2.24, 2.45) is 17.6 Å². The highest BCUT2D eigenvalue weighted by atomic mass is 16.6. The average Bonchev–Trinajstić information content (AvgIpc) is 2.15. The third-order valence-corrected chi connectivity index (χ3v) is 1.68. The molecule has 0 spiro atoms. The molecule has 0 rings (SSSR count). The van der Waals surface area contributed by atoms with E-state index in [-0.39, 0.29) is 11.9 Å². The average molecular weight is 203 g/mol. The maximum absolute atomic E-state index is 11.1. The maximum Gasteiger partial charge on any atom is 0.310 e. The first-order valence-electron chi connectivity index (χ1n) is 5.02. The van der Waals surface area contributed by atoms with Gasteiger partial charge >= 0.3 is 5.97 Å². The quantitative estimate of drug-likeness (QED) is 0.491. The van der Waals surface area contributed by atoms with E-state index in [1.807, 2.05) is 0 Å². The summed E-state index contributed by atoms with van der Waals surface area (Å²) in [6.45, 7) is 7.69. The Morgan fingerprint density at radius 1 is 1.29 bits per heavy atom. The molecule has 0 bridgehead atoms. The zero-order valence-corrected chi connectivity index (χ0v) is 9.29. The lowest BCUT2D eigenvalue weighted by molar-refractivity contribution is -0.149. The van der Waals surface area contributed by atoms with E-state index in [0.717, 1.165) is 0 Å². The lowest BCUT2D eigenvalue weighted by atomic mass is 10.2. The zero-order chi connectivity index (χ0) is 11.0. The number of carbonyl (C=O) groups excluding carboxylic acids is 1. The van der Waals surface area contributed by atoms with E-state index in [4.69, 9.17) is 15.2 Å². The molecule has 4 heteroatoms. The standard InChI is InChI=1S/C10H21NO3/c1-8(2)7-13-4-5-14-10(12)9(3)6-11/h8-9H,4-7,11H2,1-3H3. The molecule has 0 aromatic heterocycles. The minimum atomic E-state index is -0.249. The van der Waals surface area contributed by atoms with Crippen molar-refractivity contribution in [3.05, 3.63) is 0 Å². The zero-order valence-electron chi connectivity index (χ0n) is 9.29. The van der Waals surface area contributed by atoms with Crippen LogP contribution < -0.4 is 5.73 Å². The van der Waals surface area contributed by atoms with Gasteiger partial charge in [0.05, 0.1) is 12.5 Å². The van der Waals surface area contributed by atoms with Crippen LogP contribution in [-0.2, 0) is 14.3 Å². The number of esters is 1. The van der Waals surface area contributed by atoms with Crippen molar-refractivity contribution in [3.63, 3.8) is 0 Å². The van der Waals surface area contributed by atoms with Crippen LogP contribution in [0.1, 0.15) is 20.8 Å². The van der Waals surface area contributed by atoms with E-state index in [0.29, 0.717) is 32.3 Å². The van der Waals surface area contributed by atoms with Crippen molar-refractivity contribution in [2.45, 2.75) is 20.8 Å². The molecule has 0 radical (unpaired) electrons. The second-order valence-electron chi connectivity index (χ2n) is 3.77. The van der Waals surface area contributed by atoms with Crippen LogP contribution in [0.2, 0.25) is 0 Å². The summed E-state index contributed by atoms with van der Waals surface area (Å²) >= 11 is 0. The fourth-order valence-corrected chi connectivity index (χ4v) is 0.759. The third-order valence-electron chi connectivity index (χ3n) is 1.68. The van der Waals surface area contributed by atoms with Crippen LogP contribution in [-0.4, -0.2) is 32.3 Å². The summed E-state index contributed by atoms with van der Waals surface area (Å²) in [6, 6.07) is 0. The van der Waals surface area contributed by atoms with Crippen LogP contribution in [0.3, 0.4) is 0 Å². The number of ether oxygens (including phenoxy) is 2. The van der Waals surface area contributed by atoms with Gasteiger partial charge in [0.25, 0.3) is 0 Å². The Hall–Kier alpha value is -0.610. The monoisotopic (exact) mass is 203 g/mol. The van der Waals surface area contributed by atoms with Crippen molar-refractivity contribution in [1.29, 1.82) is 0 Å². The van der Waals surface area contributed by atoms with E-state index >= 15 is 0 Å². The van der Waals surface area contributed by atoms with Crippen LogP contribution in [0.4, 0.5) is 0 Å². The van der Waals surface area contributed by atoms with Gasteiger partial charge in [-0.1, -0.05) is 20.8 Å². The molecule has 0 aliphatic heterocycles. The molecule has 4 nitrogen and oxygen atoms in total. The Morgan fingerprint density at radius 3 is 2.43 bits per heavy atom. The molecule has 0 aromatic rings. The number of rotatable bonds is 7. The van der Waals surface area contributed by atoms with Crippen molar-refractivity contribution in [2.75, 3.05) is 26.4 Å². The van der Waals surface area contributed by atoms with Crippen LogP contribution in [0.15, 0.2) is 0 Å². The lowest BCUT2D eigenvalue weighted by Crippen LogP contribution is -2.24. The highest BCUT2D eigenvalue weighted by molar-refractivity contribution is 5.72. The van der Waals surface area contributed by atoms with Gasteiger partial charge in [-0.15, -0.1) is 0 Å². The van der Waals surface area contributed by atoms with Crippen molar-refractivity contribution < 1.29 is 14.3 Å². The third kappa shape index (κ3) is 6.86. The molecule has 0 saturated carbocycles. The summed E-state index contributed by atoms with van der Waals surface area (Å²) in [5, 5.41) is 0. The van der Waals surface area contributed by atoms with E-state index < -0.39 is 0 Å². The molecule has 0 aliphatic carbocycles. The molecule has 0 fully saturated rings. The van der Waals surface area contributed by atoms with Crippen LogP contribution in [0.25, 0.3) is 0 Å². The molecule has 14 heavy (non-hydrogen) atoms.